The van der Waals surface area contributed by atoms with Crippen molar-refractivity contribution in [3.8, 4) is 11.5 Å². The van der Waals surface area contributed by atoms with Crippen molar-refractivity contribution in [2.24, 2.45) is 0 Å². The largest absolute Gasteiger partial charge is 0.485 e. The van der Waals surface area contributed by atoms with Gasteiger partial charge >= 0.3 is 0 Å². The third-order valence-electron chi connectivity index (χ3n) is 5.27. The summed E-state index contributed by atoms with van der Waals surface area (Å²) in [6.07, 6.45) is -0.378. The molecule has 7 nitrogen and oxygen atoms in total. The van der Waals surface area contributed by atoms with Gasteiger partial charge < -0.3 is 19.7 Å². The molecular weight excluding hydrogens is 389 g/mol. The molecule has 2 aliphatic rings. The highest BCUT2D eigenvalue weighted by Gasteiger charge is 2.32. The Hall–Kier alpha value is -3.13. The summed E-state index contributed by atoms with van der Waals surface area (Å²) >= 11 is 0. The molecule has 0 aliphatic carbocycles. The minimum Gasteiger partial charge on any atom is -0.485 e. The number of benzene rings is 2. The van der Waals surface area contributed by atoms with Crippen LogP contribution in [0.25, 0.3) is 0 Å². The second kappa shape index (κ2) is 9.13. The zero-order chi connectivity index (χ0) is 20.9. The van der Waals surface area contributed by atoms with Gasteiger partial charge in [-0.05, 0) is 24.3 Å². The molecule has 0 spiro atoms. The average Bonchev–Trinajstić information content (AvgIpc) is 2.79. The van der Waals surface area contributed by atoms with Crippen molar-refractivity contribution in [2.75, 3.05) is 44.6 Å². The molecule has 0 bridgehead atoms. The topological polar surface area (TPSA) is 71.1 Å². The summed E-state index contributed by atoms with van der Waals surface area (Å²) in [7, 11) is 0. The van der Waals surface area contributed by atoms with E-state index in [1.54, 1.807) is 23.1 Å². The molecule has 1 unspecified atom stereocenters. The predicted molar refractivity (Wildman–Crippen MR) is 109 cm³/mol. The lowest BCUT2D eigenvalue weighted by Gasteiger charge is -2.37. The van der Waals surface area contributed by atoms with Gasteiger partial charge in [0.25, 0.3) is 5.91 Å². The van der Waals surface area contributed by atoms with Crippen LogP contribution < -0.4 is 14.8 Å². The van der Waals surface area contributed by atoms with E-state index in [0.717, 1.165) is 0 Å². The summed E-state index contributed by atoms with van der Waals surface area (Å²) in [6, 6.07) is 13.4. The number of anilines is 1. The Balaban J connectivity index is 1.21. The molecule has 158 valence electrons. The highest BCUT2D eigenvalue weighted by molar-refractivity contribution is 5.90. The van der Waals surface area contributed by atoms with Crippen LogP contribution in [0.15, 0.2) is 48.5 Å². The number of piperazine rings is 1. The highest BCUT2D eigenvalue weighted by atomic mass is 19.1. The Morgan fingerprint density at radius 1 is 1.00 bits per heavy atom. The number of nitrogens with zero attached hydrogens (tertiary/aromatic N) is 2. The van der Waals surface area contributed by atoms with Crippen molar-refractivity contribution in [2.45, 2.75) is 12.5 Å². The fourth-order valence-corrected chi connectivity index (χ4v) is 3.57. The molecule has 1 fully saturated rings. The number of hydrogen-bond donors (Lipinski definition) is 1. The van der Waals surface area contributed by atoms with Gasteiger partial charge in [0.2, 0.25) is 12.0 Å². The van der Waals surface area contributed by atoms with Crippen LogP contribution in [0.2, 0.25) is 0 Å². The predicted octanol–water partition coefficient (Wildman–Crippen LogP) is 2.14. The van der Waals surface area contributed by atoms with Crippen molar-refractivity contribution >= 4 is 17.5 Å². The number of hydrogen-bond acceptors (Lipinski definition) is 5. The molecule has 1 saturated heterocycles. The molecule has 2 amide bonds. The second-order valence-corrected chi connectivity index (χ2v) is 7.31. The lowest BCUT2D eigenvalue weighted by atomic mass is 10.2. The number of fused-ring (bicyclic) bond motifs is 1. The number of amides is 2. The third-order valence-corrected chi connectivity index (χ3v) is 5.27. The van der Waals surface area contributed by atoms with Gasteiger partial charge in [0.15, 0.2) is 11.5 Å². The van der Waals surface area contributed by atoms with Crippen LogP contribution in [-0.2, 0) is 9.59 Å². The van der Waals surface area contributed by atoms with E-state index in [1.165, 1.54) is 12.1 Å². The van der Waals surface area contributed by atoms with Crippen molar-refractivity contribution in [3.63, 3.8) is 0 Å². The number of carbonyl (C=O) groups excluding carboxylic acids is 2. The molecule has 0 aromatic heterocycles. The van der Waals surface area contributed by atoms with E-state index in [9.17, 15) is 14.0 Å². The Kier molecular flexibility index (Phi) is 6.13. The SMILES string of the molecule is O=C(CCN1CCN(C(=O)C2COc3ccccc3O2)CC1)Nc1ccccc1F. The van der Waals surface area contributed by atoms with Crippen molar-refractivity contribution < 1.29 is 23.5 Å². The molecule has 4 rings (SSSR count). The Morgan fingerprint density at radius 2 is 1.70 bits per heavy atom. The molecule has 30 heavy (non-hydrogen) atoms. The van der Waals surface area contributed by atoms with Gasteiger partial charge in [0, 0.05) is 39.1 Å². The maximum atomic E-state index is 13.6. The van der Waals surface area contributed by atoms with Crippen LogP contribution in [0.3, 0.4) is 0 Å². The van der Waals surface area contributed by atoms with Crippen molar-refractivity contribution in [1.82, 2.24) is 9.80 Å². The summed E-state index contributed by atoms with van der Waals surface area (Å²) in [6.45, 7) is 3.22. The molecule has 1 N–H and O–H groups in total. The van der Waals surface area contributed by atoms with Gasteiger partial charge in [0.05, 0.1) is 5.69 Å². The third kappa shape index (κ3) is 4.71. The zero-order valence-electron chi connectivity index (χ0n) is 16.6. The normalized spacial score (nSPS) is 18.7. The number of ether oxygens (including phenoxy) is 2. The quantitative estimate of drug-likeness (QED) is 0.813. The minimum absolute atomic E-state index is 0.0820. The highest BCUT2D eigenvalue weighted by Crippen LogP contribution is 2.31. The zero-order valence-corrected chi connectivity index (χ0v) is 16.6. The van der Waals surface area contributed by atoms with Gasteiger partial charge in [0.1, 0.15) is 12.4 Å². The lowest BCUT2D eigenvalue weighted by molar-refractivity contribution is -0.143. The Labute approximate surface area is 174 Å². The van der Waals surface area contributed by atoms with E-state index in [2.05, 4.69) is 10.2 Å². The summed E-state index contributed by atoms with van der Waals surface area (Å²) < 4.78 is 25.1. The standard InChI is InChI=1S/C22H24FN3O4/c23-16-5-1-2-6-17(16)24-21(27)9-10-25-11-13-26(14-12-25)22(28)20-15-29-18-7-3-4-8-19(18)30-20/h1-8,20H,9-15H2,(H,24,27). The first-order chi connectivity index (χ1) is 14.6. The van der Waals surface area contributed by atoms with Gasteiger partial charge in [-0.2, -0.15) is 0 Å². The average molecular weight is 413 g/mol. The monoisotopic (exact) mass is 413 g/mol. The minimum atomic E-state index is -0.641. The first kappa shape index (κ1) is 20.2. The van der Waals surface area contributed by atoms with E-state index in [1.807, 2.05) is 18.2 Å². The Morgan fingerprint density at radius 3 is 2.47 bits per heavy atom. The fraction of sp³-hybridized carbons (Fsp3) is 0.364. The molecule has 2 heterocycles. The first-order valence-electron chi connectivity index (χ1n) is 10.0. The summed E-state index contributed by atoms with van der Waals surface area (Å²) in [5.74, 6) is 0.475. The van der Waals surface area contributed by atoms with Crippen LogP contribution in [-0.4, -0.2) is 67.0 Å². The van der Waals surface area contributed by atoms with Crippen LogP contribution in [0.4, 0.5) is 10.1 Å². The van der Waals surface area contributed by atoms with E-state index in [0.29, 0.717) is 44.2 Å². The molecule has 2 aromatic carbocycles. The number of rotatable bonds is 5. The molecule has 8 heteroatoms. The smallest absolute Gasteiger partial charge is 0.267 e. The summed E-state index contributed by atoms with van der Waals surface area (Å²) in [5, 5.41) is 2.59. The van der Waals surface area contributed by atoms with Gasteiger partial charge in [-0.25, -0.2) is 4.39 Å². The van der Waals surface area contributed by atoms with Crippen LogP contribution in [0.5, 0.6) is 11.5 Å². The van der Waals surface area contributed by atoms with Crippen molar-refractivity contribution in [3.05, 3.63) is 54.3 Å². The fourth-order valence-electron chi connectivity index (χ4n) is 3.57. The summed E-state index contributed by atoms with van der Waals surface area (Å²) in [5.41, 5.74) is 0.189. The molecular formula is C22H24FN3O4. The molecule has 1 atom stereocenters. The van der Waals surface area contributed by atoms with Gasteiger partial charge in [-0.3, -0.25) is 14.5 Å². The van der Waals surface area contributed by atoms with Gasteiger partial charge in [-0.1, -0.05) is 24.3 Å². The number of carbonyl (C=O) groups is 2. The lowest BCUT2D eigenvalue weighted by Crippen LogP contribution is -2.54. The van der Waals surface area contributed by atoms with Gasteiger partial charge in [-0.15, -0.1) is 0 Å². The molecule has 2 aromatic rings. The van der Waals surface area contributed by atoms with Crippen molar-refractivity contribution in [1.29, 1.82) is 0 Å². The van der Waals surface area contributed by atoms with Crippen LogP contribution in [0.1, 0.15) is 6.42 Å². The van der Waals surface area contributed by atoms with E-state index >= 15 is 0 Å². The van der Waals surface area contributed by atoms with Crippen LogP contribution >= 0.6 is 0 Å². The molecule has 0 radical (unpaired) electrons. The Bertz CT molecular complexity index is 915. The van der Waals surface area contributed by atoms with Crippen LogP contribution in [0, 0.1) is 5.82 Å². The maximum Gasteiger partial charge on any atom is 0.267 e. The molecule has 0 saturated carbocycles. The maximum absolute atomic E-state index is 13.6. The number of nitrogens with one attached hydrogen (secondary N) is 1. The first-order valence-corrected chi connectivity index (χ1v) is 10.0. The number of para-hydroxylation sites is 3. The second-order valence-electron chi connectivity index (χ2n) is 7.31. The van der Waals surface area contributed by atoms with E-state index in [4.69, 9.17) is 9.47 Å². The van der Waals surface area contributed by atoms with E-state index in [-0.39, 0.29) is 30.5 Å². The molecule has 2 aliphatic heterocycles. The number of halogens is 1. The van der Waals surface area contributed by atoms with E-state index < -0.39 is 11.9 Å². The summed E-state index contributed by atoms with van der Waals surface area (Å²) in [4.78, 5) is 28.8.